The van der Waals surface area contributed by atoms with Gasteiger partial charge in [0.2, 0.25) is 0 Å². The summed E-state index contributed by atoms with van der Waals surface area (Å²) >= 11 is 5.84. The predicted molar refractivity (Wildman–Crippen MR) is 78.0 cm³/mol. The van der Waals surface area contributed by atoms with E-state index in [9.17, 15) is 0 Å². The van der Waals surface area contributed by atoms with Crippen molar-refractivity contribution in [1.82, 2.24) is 0 Å². The molecule has 4 heteroatoms. The van der Waals surface area contributed by atoms with E-state index >= 15 is 0 Å². The van der Waals surface area contributed by atoms with Gasteiger partial charge in [0.1, 0.15) is 18.2 Å². The van der Waals surface area contributed by atoms with E-state index in [0.29, 0.717) is 22.9 Å². The number of nitrogens with one attached hydrogen (secondary N) is 1. The Hall–Kier alpha value is -2.00. The quantitative estimate of drug-likeness (QED) is 0.662. The zero-order chi connectivity index (χ0) is 13.8. The summed E-state index contributed by atoms with van der Waals surface area (Å²) in [5, 5.41) is 8.26. The van der Waals surface area contributed by atoms with Crippen molar-refractivity contribution in [2.75, 3.05) is 0 Å². The fraction of sp³-hybridized carbons (Fsp3) is 0.133. The van der Waals surface area contributed by atoms with Gasteiger partial charge in [-0.2, -0.15) is 0 Å². The van der Waals surface area contributed by atoms with E-state index < -0.39 is 0 Å². The molecule has 0 aliphatic carbocycles. The first kappa shape index (κ1) is 13.4. The third-order valence-corrected chi connectivity index (χ3v) is 3.05. The predicted octanol–water partition coefficient (Wildman–Crippen LogP) is 3.51. The van der Waals surface area contributed by atoms with Gasteiger partial charge in [-0.15, -0.1) is 0 Å². The second-order valence-corrected chi connectivity index (χ2v) is 4.72. The largest absolute Gasteiger partial charge is 0.488 e. The Morgan fingerprint density at radius 3 is 2.53 bits per heavy atom. The Kier molecular flexibility index (Phi) is 4.07. The highest BCUT2D eigenvalue weighted by atomic mass is 35.5. The number of rotatable bonds is 4. The summed E-state index contributed by atoms with van der Waals surface area (Å²) < 4.78 is 5.79. The number of para-hydroxylation sites is 1. The van der Waals surface area contributed by atoms with E-state index in [1.807, 2.05) is 43.3 Å². The zero-order valence-electron chi connectivity index (χ0n) is 10.6. The van der Waals surface area contributed by atoms with E-state index in [1.54, 1.807) is 6.07 Å². The lowest BCUT2D eigenvalue weighted by atomic mass is 10.1. The molecule has 0 saturated heterocycles. The molecular formula is C15H15ClN2O. The number of benzene rings is 2. The first-order chi connectivity index (χ1) is 9.08. The lowest BCUT2D eigenvalue weighted by Crippen LogP contribution is -2.13. The number of aryl methyl sites for hydroxylation is 1. The van der Waals surface area contributed by atoms with Gasteiger partial charge in [0.15, 0.2) is 0 Å². The Labute approximate surface area is 117 Å². The maximum atomic E-state index is 7.56. The van der Waals surface area contributed by atoms with Crippen molar-refractivity contribution in [3.63, 3.8) is 0 Å². The Morgan fingerprint density at radius 1 is 1.21 bits per heavy atom. The highest BCUT2D eigenvalue weighted by Crippen LogP contribution is 2.24. The average molecular weight is 275 g/mol. The van der Waals surface area contributed by atoms with Crippen LogP contribution in [-0.2, 0) is 6.61 Å². The molecule has 0 fully saturated rings. The SMILES string of the molecule is Cc1cccc(C(=N)N)c1OCc1ccc(Cl)cc1. The van der Waals surface area contributed by atoms with Crippen LogP contribution in [0.1, 0.15) is 16.7 Å². The molecule has 3 N–H and O–H groups in total. The van der Waals surface area contributed by atoms with Crippen molar-refractivity contribution in [3.8, 4) is 5.75 Å². The molecule has 2 aromatic rings. The minimum atomic E-state index is 0.00908. The normalized spacial score (nSPS) is 10.2. The minimum Gasteiger partial charge on any atom is -0.488 e. The van der Waals surface area contributed by atoms with E-state index in [4.69, 9.17) is 27.5 Å². The van der Waals surface area contributed by atoms with Gasteiger partial charge >= 0.3 is 0 Å². The summed E-state index contributed by atoms with van der Waals surface area (Å²) in [6, 6.07) is 13.0. The highest BCUT2D eigenvalue weighted by molar-refractivity contribution is 6.30. The summed E-state index contributed by atoms with van der Waals surface area (Å²) in [5.41, 5.74) is 8.15. The molecule has 2 aromatic carbocycles. The first-order valence-corrected chi connectivity index (χ1v) is 6.27. The molecule has 0 radical (unpaired) electrons. The van der Waals surface area contributed by atoms with Crippen LogP contribution in [0, 0.1) is 12.3 Å². The van der Waals surface area contributed by atoms with Crippen molar-refractivity contribution >= 4 is 17.4 Å². The summed E-state index contributed by atoms with van der Waals surface area (Å²) in [6.45, 7) is 2.35. The molecule has 0 aliphatic heterocycles. The van der Waals surface area contributed by atoms with Gasteiger partial charge in [0.25, 0.3) is 0 Å². The number of amidine groups is 1. The maximum absolute atomic E-state index is 7.56. The second kappa shape index (κ2) is 5.76. The van der Waals surface area contributed by atoms with Gasteiger partial charge in [-0.05, 0) is 36.2 Å². The standard InChI is InChI=1S/C15H15ClN2O/c1-10-3-2-4-13(15(17)18)14(10)19-9-11-5-7-12(16)8-6-11/h2-8H,9H2,1H3,(H3,17,18). The Morgan fingerprint density at radius 2 is 1.89 bits per heavy atom. The fourth-order valence-corrected chi connectivity index (χ4v) is 1.92. The molecule has 0 aliphatic rings. The molecule has 0 atom stereocenters. The molecule has 98 valence electrons. The maximum Gasteiger partial charge on any atom is 0.133 e. The van der Waals surface area contributed by atoms with Crippen molar-refractivity contribution in [1.29, 1.82) is 5.41 Å². The van der Waals surface area contributed by atoms with E-state index in [0.717, 1.165) is 11.1 Å². The van der Waals surface area contributed by atoms with E-state index in [-0.39, 0.29) is 5.84 Å². The number of nitrogen functional groups attached to an aromatic ring is 1. The first-order valence-electron chi connectivity index (χ1n) is 5.89. The van der Waals surface area contributed by atoms with Gasteiger partial charge in [-0.1, -0.05) is 35.9 Å². The van der Waals surface area contributed by atoms with Gasteiger partial charge in [0, 0.05) is 5.02 Å². The molecule has 3 nitrogen and oxygen atoms in total. The average Bonchev–Trinajstić information content (AvgIpc) is 2.39. The van der Waals surface area contributed by atoms with Crippen LogP contribution in [0.25, 0.3) is 0 Å². The van der Waals surface area contributed by atoms with Gasteiger partial charge in [-0.3, -0.25) is 5.41 Å². The number of halogens is 1. The lowest BCUT2D eigenvalue weighted by Gasteiger charge is -2.13. The molecule has 0 heterocycles. The minimum absolute atomic E-state index is 0.00908. The van der Waals surface area contributed by atoms with Crippen molar-refractivity contribution < 1.29 is 4.74 Å². The molecule has 2 rings (SSSR count). The summed E-state index contributed by atoms with van der Waals surface area (Å²) in [5.74, 6) is 0.666. The second-order valence-electron chi connectivity index (χ2n) is 4.28. The van der Waals surface area contributed by atoms with Crippen LogP contribution in [0.5, 0.6) is 5.75 Å². The van der Waals surface area contributed by atoms with Gasteiger partial charge in [0.05, 0.1) is 5.56 Å². The molecule has 0 unspecified atom stereocenters. The van der Waals surface area contributed by atoms with Gasteiger partial charge in [-0.25, -0.2) is 0 Å². The number of hydrogen-bond donors (Lipinski definition) is 2. The van der Waals surface area contributed by atoms with Crippen molar-refractivity contribution in [3.05, 3.63) is 64.2 Å². The molecule has 0 aromatic heterocycles. The summed E-state index contributed by atoms with van der Waals surface area (Å²) in [7, 11) is 0. The molecule has 0 bridgehead atoms. The Bertz CT molecular complexity index is 594. The van der Waals surface area contributed by atoms with Gasteiger partial charge < -0.3 is 10.5 Å². The summed E-state index contributed by atoms with van der Waals surface area (Å²) in [6.07, 6.45) is 0. The monoisotopic (exact) mass is 274 g/mol. The topological polar surface area (TPSA) is 59.1 Å². The zero-order valence-corrected chi connectivity index (χ0v) is 11.4. The van der Waals surface area contributed by atoms with Crippen LogP contribution in [0.2, 0.25) is 5.02 Å². The summed E-state index contributed by atoms with van der Waals surface area (Å²) in [4.78, 5) is 0. The van der Waals surface area contributed by atoms with Crippen LogP contribution in [-0.4, -0.2) is 5.84 Å². The van der Waals surface area contributed by atoms with Crippen LogP contribution in [0.3, 0.4) is 0 Å². The van der Waals surface area contributed by atoms with E-state index in [2.05, 4.69) is 0 Å². The lowest BCUT2D eigenvalue weighted by molar-refractivity contribution is 0.303. The molecule has 0 amide bonds. The van der Waals surface area contributed by atoms with E-state index in [1.165, 1.54) is 0 Å². The third kappa shape index (κ3) is 3.26. The van der Waals surface area contributed by atoms with Crippen LogP contribution >= 0.6 is 11.6 Å². The van der Waals surface area contributed by atoms with Crippen molar-refractivity contribution in [2.24, 2.45) is 5.73 Å². The highest BCUT2D eigenvalue weighted by Gasteiger charge is 2.09. The number of nitrogens with two attached hydrogens (primary N) is 1. The third-order valence-electron chi connectivity index (χ3n) is 2.80. The smallest absolute Gasteiger partial charge is 0.133 e. The molecule has 19 heavy (non-hydrogen) atoms. The molecular weight excluding hydrogens is 260 g/mol. The number of ether oxygens (including phenoxy) is 1. The number of hydrogen-bond acceptors (Lipinski definition) is 2. The molecule has 0 spiro atoms. The molecule has 0 saturated carbocycles. The van der Waals surface area contributed by atoms with Crippen LogP contribution < -0.4 is 10.5 Å². The van der Waals surface area contributed by atoms with Crippen LogP contribution in [0.4, 0.5) is 0 Å². The van der Waals surface area contributed by atoms with Crippen LogP contribution in [0.15, 0.2) is 42.5 Å². The Balaban J connectivity index is 2.19. The fourth-order valence-electron chi connectivity index (χ4n) is 1.79. The van der Waals surface area contributed by atoms with Crippen molar-refractivity contribution in [2.45, 2.75) is 13.5 Å².